The third kappa shape index (κ3) is 3.11. The van der Waals surface area contributed by atoms with Gasteiger partial charge in [-0.25, -0.2) is 4.98 Å². The van der Waals surface area contributed by atoms with Crippen molar-refractivity contribution in [3.8, 4) is 5.75 Å². The first-order valence-corrected chi connectivity index (χ1v) is 7.58. The minimum Gasteiger partial charge on any atom is -0.497 e. The van der Waals surface area contributed by atoms with Gasteiger partial charge in [-0.05, 0) is 24.3 Å². The Hall–Kier alpha value is -2.63. The van der Waals surface area contributed by atoms with Gasteiger partial charge in [-0.1, -0.05) is 6.07 Å². The Balaban J connectivity index is 1.77. The van der Waals surface area contributed by atoms with Crippen LogP contribution < -0.4 is 4.74 Å². The minimum absolute atomic E-state index is 0.0508. The second kappa shape index (κ2) is 6.24. The van der Waals surface area contributed by atoms with Crippen LogP contribution in [0.15, 0.2) is 30.3 Å². The Labute approximate surface area is 134 Å². The van der Waals surface area contributed by atoms with Crippen molar-refractivity contribution in [2.24, 2.45) is 0 Å². The molecule has 0 aliphatic carbocycles. The first-order chi connectivity index (χ1) is 11.1. The van der Waals surface area contributed by atoms with E-state index in [-0.39, 0.29) is 11.8 Å². The summed E-state index contributed by atoms with van der Waals surface area (Å²) in [6, 6.07) is 9.18. The van der Waals surface area contributed by atoms with Crippen LogP contribution >= 0.6 is 0 Å². The number of rotatable bonds is 2. The Morgan fingerprint density at radius 2 is 1.74 bits per heavy atom. The molecule has 1 aromatic heterocycles. The first-order valence-electron chi connectivity index (χ1n) is 7.58. The number of pyridine rings is 1. The van der Waals surface area contributed by atoms with E-state index in [1.165, 1.54) is 0 Å². The van der Waals surface area contributed by atoms with Crippen molar-refractivity contribution in [3.05, 3.63) is 36.0 Å². The van der Waals surface area contributed by atoms with E-state index in [1.54, 1.807) is 29.9 Å². The summed E-state index contributed by atoms with van der Waals surface area (Å²) in [5, 5.41) is 0.933. The third-order valence-electron chi connectivity index (χ3n) is 4.13. The van der Waals surface area contributed by atoms with Crippen LogP contribution in [-0.2, 0) is 4.79 Å². The highest BCUT2D eigenvalue weighted by molar-refractivity contribution is 5.95. The second-order valence-electron chi connectivity index (χ2n) is 5.55. The Kier molecular flexibility index (Phi) is 4.14. The number of nitrogens with zero attached hydrogens (tertiary/aromatic N) is 3. The molecule has 0 unspecified atom stereocenters. The number of carbonyl (C=O) groups excluding carboxylic acids is 2. The maximum Gasteiger partial charge on any atom is 0.272 e. The van der Waals surface area contributed by atoms with E-state index in [2.05, 4.69) is 4.98 Å². The lowest BCUT2D eigenvalue weighted by Gasteiger charge is -2.34. The standard InChI is InChI=1S/C17H19N3O3/c1-12(21)19-7-9-20(10-8-19)17(22)16-5-3-13-11-14(23-2)4-6-15(13)18-16/h3-6,11H,7-10H2,1-2H3. The van der Waals surface area contributed by atoms with Crippen LogP contribution in [0.4, 0.5) is 0 Å². The second-order valence-corrected chi connectivity index (χ2v) is 5.55. The molecular weight excluding hydrogens is 294 g/mol. The van der Waals surface area contributed by atoms with Crippen molar-refractivity contribution in [3.63, 3.8) is 0 Å². The Morgan fingerprint density at radius 1 is 1.04 bits per heavy atom. The normalized spacial score (nSPS) is 14.9. The number of hydrogen-bond acceptors (Lipinski definition) is 4. The molecule has 0 atom stereocenters. The molecule has 1 aliphatic heterocycles. The fourth-order valence-electron chi connectivity index (χ4n) is 2.74. The number of methoxy groups -OCH3 is 1. The average molecular weight is 313 g/mol. The molecule has 23 heavy (non-hydrogen) atoms. The SMILES string of the molecule is COc1ccc2nc(C(=O)N3CCN(C(C)=O)CC3)ccc2c1. The van der Waals surface area contributed by atoms with Crippen molar-refractivity contribution in [2.75, 3.05) is 33.3 Å². The molecule has 120 valence electrons. The average Bonchev–Trinajstić information content (AvgIpc) is 2.60. The molecule has 1 aliphatic rings. The van der Waals surface area contributed by atoms with Gasteiger partial charge in [-0.15, -0.1) is 0 Å². The highest BCUT2D eigenvalue weighted by atomic mass is 16.5. The maximum atomic E-state index is 12.6. The summed E-state index contributed by atoms with van der Waals surface area (Å²) < 4.78 is 5.19. The molecule has 1 aromatic carbocycles. The minimum atomic E-state index is -0.0917. The summed E-state index contributed by atoms with van der Waals surface area (Å²) >= 11 is 0. The van der Waals surface area contributed by atoms with E-state index in [0.717, 1.165) is 16.7 Å². The molecular formula is C17H19N3O3. The zero-order valence-corrected chi connectivity index (χ0v) is 13.3. The summed E-state index contributed by atoms with van der Waals surface area (Å²) in [6.45, 7) is 3.79. The van der Waals surface area contributed by atoms with Crippen LogP contribution in [0.25, 0.3) is 10.9 Å². The van der Waals surface area contributed by atoms with Gasteiger partial charge in [-0.3, -0.25) is 9.59 Å². The predicted molar refractivity (Wildman–Crippen MR) is 86.5 cm³/mol. The van der Waals surface area contributed by atoms with Gasteiger partial charge in [0.05, 0.1) is 12.6 Å². The molecule has 0 spiro atoms. The van der Waals surface area contributed by atoms with Crippen molar-refractivity contribution in [2.45, 2.75) is 6.92 Å². The zero-order valence-electron chi connectivity index (χ0n) is 13.3. The molecule has 2 heterocycles. The molecule has 2 amide bonds. The smallest absolute Gasteiger partial charge is 0.272 e. The van der Waals surface area contributed by atoms with E-state index in [4.69, 9.17) is 4.74 Å². The zero-order chi connectivity index (χ0) is 16.4. The number of fused-ring (bicyclic) bond motifs is 1. The van der Waals surface area contributed by atoms with Crippen molar-refractivity contribution in [1.29, 1.82) is 0 Å². The lowest BCUT2D eigenvalue weighted by molar-refractivity contribution is -0.130. The molecule has 0 radical (unpaired) electrons. The molecule has 2 aromatic rings. The van der Waals surface area contributed by atoms with E-state index < -0.39 is 0 Å². The summed E-state index contributed by atoms with van der Waals surface area (Å²) in [5.74, 6) is 0.722. The fraction of sp³-hybridized carbons (Fsp3) is 0.353. The Morgan fingerprint density at radius 3 is 2.39 bits per heavy atom. The van der Waals surface area contributed by atoms with Gasteiger partial charge in [0.1, 0.15) is 11.4 Å². The first kappa shape index (κ1) is 15.3. The van der Waals surface area contributed by atoms with Crippen LogP contribution in [0.3, 0.4) is 0 Å². The largest absolute Gasteiger partial charge is 0.497 e. The molecule has 0 bridgehead atoms. The van der Waals surface area contributed by atoms with Gasteiger partial charge >= 0.3 is 0 Å². The van der Waals surface area contributed by atoms with Gasteiger partial charge in [0.15, 0.2) is 0 Å². The molecule has 1 saturated heterocycles. The molecule has 3 rings (SSSR count). The van der Waals surface area contributed by atoms with Gasteiger partial charge in [-0.2, -0.15) is 0 Å². The number of carbonyl (C=O) groups is 2. The number of ether oxygens (including phenoxy) is 1. The summed E-state index contributed by atoms with van der Waals surface area (Å²) in [6.07, 6.45) is 0. The number of piperazine rings is 1. The third-order valence-corrected chi connectivity index (χ3v) is 4.13. The topological polar surface area (TPSA) is 62.7 Å². The maximum absolute atomic E-state index is 12.6. The van der Waals surface area contributed by atoms with Crippen LogP contribution in [-0.4, -0.2) is 59.9 Å². The number of benzene rings is 1. The lowest BCUT2D eigenvalue weighted by Crippen LogP contribution is -2.50. The van der Waals surface area contributed by atoms with Crippen LogP contribution in [0, 0.1) is 0 Å². The van der Waals surface area contributed by atoms with Crippen molar-refractivity contribution < 1.29 is 14.3 Å². The number of hydrogen-bond donors (Lipinski definition) is 0. The highest BCUT2D eigenvalue weighted by Crippen LogP contribution is 2.20. The highest BCUT2D eigenvalue weighted by Gasteiger charge is 2.24. The van der Waals surface area contributed by atoms with Gasteiger partial charge in [0.2, 0.25) is 5.91 Å². The predicted octanol–water partition coefficient (Wildman–Crippen LogP) is 1.55. The van der Waals surface area contributed by atoms with Crippen molar-refractivity contribution in [1.82, 2.24) is 14.8 Å². The monoisotopic (exact) mass is 313 g/mol. The molecule has 1 fully saturated rings. The molecule has 0 N–H and O–H groups in total. The molecule has 0 saturated carbocycles. The molecule has 6 heteroatoms. The fourth-order valence-corrected chi connectivity index (χ4v) is 2.74. The van der Waals surface area contributed by atoms with Crippen LogP contribution in [0.1, 0.15) is 17.4 Å². The van der Waals surface area contributed by atoms with Gasteiger partial charge in [0, 0.05) is 38.5 Å². The van der Waals surface area contributed by atoms with Crippen LogP contribution in [0.2, 0.25) is 0 Å². The number of amides is 2. The van der Waals surface area contributed by atoms with E-state index >= 15 is 0 Å². The van der Waals surface area contributed by atoms with Crippen molar-refractivity contribution >= 4 is 22.7 Å². The summed E-state index contributed by atoms with van der Waals surface area (Å²) in [5.41, 5.74) is 1.19. The van der Waals surface area contributed by atoms with Gasteiger partial charge in [0.25, 0.3) is 5.91 Å². The van der Waals surface area contributed by atoms with Gasteiger partial charge < -0.3 is 14.5 Å². The summed E-state index contributed by atoms with van der Waals surface area (Å²) in [7, 11) is 1.62. The van der Waals surface area contributed by atoms with E-state index in [9.17, 15) is 9.59 Å². The lowest BCUT2D eigenvalue weighted by atomic mass is 10.2. The van der Waals surface area contributed by atoms with E-state index in [1.807, 2.05) is 24.3 Å². The quantitative estimate of drug-likeness (QED) is 0.844. The Bertz CT molecular complexity index is 752. The number of aromatic nitrogens is 1. The van der Waals surface area contributed by atoms with Crippen LogP contribution in [0.5, 0.6) is 5.75 Å². The summed E-state index contributed by atoms with van der Waals surface area (Å²) in [4.78, 5) is 31.9. The molecule has 6 nitrogen and oxygen atoms in total. The van der Waals surface area contributed by atoms with E-state index in [0.29, 0.717) is 31.9 Å².